The van der Waals surface area contributed by atoms with E-state index < -0.39 is 29.7 Å². The van der Waals surface area contributed by atoms with E-state index in [1.165, 1.54) is 11.3 Å². The molecule has 34 heavy (non-hydrogen) atoms. The number of nitrogens with zero attached hydrogens (tertiary/aromatic N) is 2. The van der Waals surface area contributed by atoms with Crippen LogP contribution in [0.4, 0.5) is 9.93 Å². The molecule has 2 aliphatic heterocycles. The quantitative estimate of drug-likeness (QED) is 0.409. The summed E-state index contributed by atoms with van der Waals surface area (Å²) < 4.78 is 0. The molecule has 0 aliphatic carbocycles. The molecule has 3 heterocycles. The molecule has 1 aromatic heterocycles. The zero-order valence-electron chi connectivity index (χ0n) is 18.8. The molecule has 2 aliphatic rings. The van der Waals surface area contributed by atoms with E-state index in [4.69, 9.17) is 0 Å². The Bertz CT molecular complexity index is 1170. The van der Waals surface area contributed by atoms with Crippen LogP contribution in [0, 0.1) is 0 Å². The standard InChI is InChI=1S/C23H25N5O5S/c1-12(2)17-11-25-23(34-17)27-22(33)24-9-3-4-13-5-6-14-15(10-13)21(32)28(20(14)31)16-7-8-18(29)26-19(16)30/h5-6,10-12,16H,3-4,7-9H2,1-2H3,(H,26,29,30)(H2,24,25,27,33). The highest BCUT2D eigenvalue weighted by Gasteiger charge is 2.44. The normalized spacial score (nSPS) is 17.7. The monoisotopic (exact) mass is 483 g/mol. The summed E-state index contributed by atoms with van der Waals surface area (Å²) in [5.41, 5.74) is 1.34. The fraction of sp³-hybridized carbons (Fsp3) is 0.391. The number of aryl methyl sites for hydroxylation is 1. The minimum absolute atomic E-state index is 0.0804. The van der Waals surface area contributed by atoms with Gasteiger partial charge in [0, 0.05) is 24.0 Å². The molecule has 10 nitrogen and oxygen atoms in total. The molecule has 1 aromatic carbocycles. The molecular formula is C23H25N5O5S. The lowest BCUT2D eigenvalue weighted by Gasteiger charge is -2.27. The lowest BCUT2D eigenvalue weighted by Crippen LogP contribution is -2.54. The number of hydrogen-bond donors (Lipinski definition) is 3. The van der Waals surface area contributed by atoms with E-state index in [2.05, 4.69) is 34.8 Å². The van der Waals surface area contributed by atoms with Gasteiger partial charge in [-0.2, -0.15) is 0 Å². The van der Waals surface area contributed by atoms with Crippen LogP contribution in [-0.4, -0.2) is 52.1 Å². The number of thiazole rings is 1. The molecule has 1 unspecified atom stereocenters. The van der Waals surface area contributed by atoms with Gasteiger partial charge < -0.3 is 5.32 Å². The van der Waals surface area contributed by atoms with Crippen molar-refractivity contribution in [2.45, 2.75) is 51.5 Å². The number of carbonyl (C=O) groups excluding carboxylic acids is 5. The molecule has 0 spiro atoms. The topological polar surface area (TPSA) is 138 Å². The van der Waals surface area contributed by atoms with Gasteiger partial charge in [0.15, 0.2) is 5.13 Å². The Morgan fingerprint density at radius 3 is 2.68 bits per heavy atom. The van der Waals surface area contributed by atoms with Gasteiger partial charge >= 0.3 is 6.03 Å². The number of imide groups is 2. The maximum atomic E-state index is 12.9. The largest absolute Gasteiger partial charge is 0.338 e. The van der Waals surface area contributed by atoms with Crippen LogP contribution in [0.25, 0.3) is 0 Å². The van der Waals surface area contributed by atoms with E-state index in [0.29, 0.717) is 30.4 Å². The smallest absolute Gasteiger partial charge is 0.321 e. The first-order valence-electron chi connectivity index (χ1n) is 11.1. The highest BCUT2D eigenvalue weighted by atomic mass is 32.1. The first kappa shape index (κ1) is 23.6. The van der Waals surface area contributed by atoms with Gasteiger partial charge in [-0.25, -0.2) is 9.78 Å². The number of nitrogens with one attached hydrogen (secondary N) is 3. The Kier molecular flexibility index (Phi) is 6.73. The number of carbonyl (C=O) groups is 5. The SMILES string of the molecule is CC(C)c1cnc(NC(=O)NCCCc2ccc3c(c2)C(=O)N(C2CCC(=O)NC2=O)C3=O)s1. The van der Waals surface area contributed by atoms with E-state index in [1.807, 2.05) is 0 Å². The van der Waals surface area contributed by atoms with Gasteiger partial charge in [0.25, 0.3) is 11.8 Å². The molecule has 178 valence electrons. The molecule has 1 saturated heterocycles. The number of rotatable bonds is 7. The van der Waals surface area contributed by atoms with Gasteiger partial charge in [-0.05, 0) is 42.9 Å². The molecule has 11 heteroatoms. The van der Waals surface area contributed by atoms with Crippen molar-refractivity contribution >= 4 is 46.1 Å². The van der Waals surface area contributed by atoms with E-state index in [0.717, 1.165) is 15.3 Å². The summed E-state index contributed by atoms with van der Waals surface area (Å²) in [7, 11) is 0. The first-order chi connectivity index (χ1) is 16.2. The number of fused-ring (bicyclic) bond motifs is 1. The number of benzene rings is 1. The Balaban J connectivity index is 1.30. The van der Waals surface area contributed by atoms with Crippen LogP contribution in [0.15, 0.2) is 24.4 Å². The molecule has 6 amide bonds. The predicted molar refractivity (Wildman–Crippen MR) is 125 cm³/mol. The van der Waals surface area contributed by atoms with Crippen LogP contribution in [0.1, 0.15) is 70.2 Å². The maximum Gasteiger partial charge on any atom is 0.321 e. The van der Waals surface area contributed by atoms with Gasteiger partial charge in [0.05, 0.1) is 11.1 Å². The summed E-state index contributed by atoms with van der Waals surface area (Å²) in [6, 6.07) is 3.70. The number of piperidine rings is 1. The third-order valence-corrected chi connectivity index (χ3v) is 6.96. The molecule has 0 radical (unpaired) electrons. The fourth-order valence-electron chi connectivity index (χ4n) is 3.92. The molecule has 1 atom stereocenters. The van der Waals surface area contributed by atoms with E-state index in [1.54, 1.807) is 24.4 Å². The number of aromatic nitrogens is 1. The summed E-state index contributed by atoms with van der Waals surface area (Å²) in [4.78, 5) is 67.5. The zero-order valence-corrected chi connectivity index (χ0v) is 19.7. The molecule has 3 N–H and O–H groups in total. The average molecular weight is 484 g/mol. The number of amides is 6. The fourth-order valence-corrected chi connectivity index (χ4v) is 4.73. The average Bonchev–Trinajstić information content (AvgIpc) is 3.35. The van der Waals surface area contributed by atoms with E-state index in [9.17, 15) is 24.0 Å². The molecule has 4 rings (SSSR count). The number of hydrogen-bond acceptors (Lipinski definition) is 7. The summed E-state index contributed by atoms with van der Waals surface area (Å²) >= 11 is 1.44. The highest BCUT2D eigenvalue weighted by molar-refractivity contribution is 7.15. The minimum Gasteiger partial charge on any atom is -0.338 e. The number of anilines is 1. The van der Waals surface area contributed by atoms with Crippen molar-refractivity contribution < 1.29 is 24.0 Å². The lowest BCUT2D eigenvalue weighted by molar-refractivity contribution is -0.136. The Morgan fingerprint density at radius 2 is 1.97 bits per heavy atom. The third-order valence-electron chi connectivity index (χ3n) is 5.75. The van der Waals surface area contributed by atoms with Gasteiger partial charge in [-0.1, -0.05) is 19.9 Å². The van der Waals surface area contributed by atoms with Gasteiger partial charge in [-0.15, -0.1) is 11.3 Å². The predicted octanol–water partition coefficient (Wildman–Crippen LogP) is 2.42. The van der Waals surface area contributed by atoms with Gasteiger partial charge in [0.1, 0.15) is 6.04 Å². The van der Waals surface area contributed by atoms with Crippen molar-refractivity contribution in [1.29, 1.82) is 0 Å². The zero-order chi connectivity index (χ0) is 24.4. The van der Waals surface area contributed by atoms with Crippen LogP contribution in [0.2, 0.25) is 0 Å². The summed E-state index contributed by atoms with van der Waals surface area (Å²) in [5, 5.41) is 8.23. The maximum absolute atomic E-state index is 12.9. The van der Waals surface area contributed by atoms with Crippen molar-refractivity contribution in [1.82, 2.24) is 20.5 Å². The second-order valence-electron chi connectivity index (χ2n) is 8.53. The van der Waals surface area contributed by atoms with Crippen LogP contribution in [-0.2, 0) is 16.0 Å². The molecule has 0 saturated carbocycles. The number of urea groups is 1. The Morgan fingerprint density at radius 1 is 1.21 bits per heavy atom. The summed E-state index contributed by atoms with van der Waals surface area (Å²) in [5.74, 6) is -1.75. The molecule has 2 aromatic rings. The van der Waals surface area contributed by atoms with Gasteiger partial charge in [-0.3, -0.25) is 34.7 Å². The van der Waals surface area contributed by atoms with Crippen molar-refractivity contribution in [2.75, 3.05) is 11.9 Å². The van der Waals surface area contributed by atoms with Crippen molar-refractivity contribution in [3.63, 3.8) is 0 Å². The van der Waals surface area contributed by atoms with Crippen LogP contribution in [0.3, 0.4) is 0 Å². The minimum atomic E-state index is -0.981. The van der Waals surface area contributed by atoms with E-state index in [-0.39, 0.29) is 30.0 Å². The second-order valence-corrected chi connectivity index (χ2v) is 9.60. The Hall–Kier alpha value is -3.60. The van der Waals surface area contributed by atoms with Crippen LogP contribution in [0.5, 0.6) is 0 Å². The van der Waals surface area contributed by atoms with Crippen LogP contribution < -0.4 is 16.0 Å². The summed E-state index contributed by atoms with van der Waals surface area (Å²) in [6.07, 6.45) is 3.17. The lowest BCUT2D eigenvalue weighted by atomic mass is 10.0. The van der Waals surface area contributed by atoms with Crippen molar-refractivity contribution in [3.8, 4) is 0 Å². The van der Waals surface area contributed by atoms with Crippen molar-refractivity contribution in [2.24, 2.45) is 0 Å². The van der Waals surface area contributed by atoms with E-state index >= 15 is 0 Å². The molecule has 1 fully saturated rings. The molecular weight excluding hydrogens is 458 g/mol. The van der Waals surface area contributed by atoms with Crippen molar-refractivity contribution in [3.05, 3.63) is 46.0 Å². The van der Waals surface area contributed by atoms with Gasteiger partial charge in [0.2, 0.25) is 11.8 Å². The third kappa shape index (κ3) is 4.84. The molecule has 0 bridgehead atoms. The van der Waals surface area contributed by atoms with Crippen LogP contribution >= 0.6 is 11.3 Å². The highest BCUT2D eigenvalue weighted by Crippen LogP contribution is 2.28. The second kappa shape index (κ2) is 9.72. The summed E-state index contributed by atoms with van der Waals surface area (Å²) in [6.45, 7) is 4.54. The Labute approximate surface area is 200 Å². The first-order valence-corrected chi connectivity index (χ1v) is 11.9.